The third kappa shape index (κ3) is 5.08. The lowest BCUT2D eigenvalue weighted by Crippen LogP contribution is -2.38. The Hall–Kier alpha value is -2.25. The number of aromatic nitrogens is 3. The number of hydrogen-bond acceptors (Lipinski definition) is 5. The molecule has 0 radical (unpaired) electrons. The van der Waals surface area contributed by atoms with Crippen molar-refractivity contribution in [2.75, 3.05) is 6.61 Å². The van der Waals surface area contributed by atoms with Crippen molar-refractivity contribution in [3.05, 3.63) is 46.2 Å². The number of fused-ring (bicyclic) bond motifs is 1. The van der Waals surface area contributed by atoms with Gasteiger partial charge in [0.25, 0.3) is 5.91 Å². The second kappa shape index (κ2) is 10.2. The summed E-state index contributed by atoms with van der Waals surface area (Å²) in [4.78, 5) is 22.1. The van der Waals surface area contributed by atoms with E-state index >= 15 is 0 Å². The number of thiazole rings is 1. The molecule has 30 heavy (non-hydrogen) atoms. The van der Waals surface area contributed by atoms with Crippen LogP contribution in [0, 0.1) is 5.92 Å². The van der Waals surface area contributed by atoms with E-state index < -0.39 is 0 Å². The molecule has 0 fully saturated rings. The molecule has 1 atom stereocenters. The molecular weight excluding hydrogens is 396 g/mol. The van der Waals surface area contributed by atoms with E-state index in [4.69, 9.17) is 4.98 Å². The van der Waals surface area contributed by atoms with Crippen LogP contribution in [0.3, 0.4) is 0 Å². The number of nitrogens with one attached hydrogen (secondary N) is 1. The zero-order valence-electron chi connectivity index (χ0n) is 18.3. The van der Waals surface area contributed by atoms with Crippen LogP contribution in [-0.4, -0.2) is 38.2 Å². The monoisotopic (exact) mass is 428 g/mol. The summed E-state index contributed by atoms with van der Waals surface area (Å²) in [5.74, 6) is 1.21. The van der Waals surface area contributed by atoms with E-state index in [1.54, 1.807) is 11.3 Å². The van der Waals surface area contributed by atoms with E-state index in [1.807, 2.05) is 23.7 Å². The van der Waals surface area contributed by atoms with E-state index in [2.05, 4.69) is 47.9 Å². The normalized spacial score (nSPS) is 12.8. The highest BCUT2D eigenvalue weighted by Crippen LogP contribution is 2.27. The van der Waals surface area contributed by atoms with Crippen molar-refractivity contribution in [2.24, 2.45) is 5.92 Å². The Kier molecular flexibility index (Phi) is 7.61. The van der Waals surface area contributed by atoms with Gasteiger partial charge in [-0.25, -0.2) is 9.97 Å². The fourth-order valence-electron chi connectivity index (χ4n) is 3.98. The van der Waals surface area contributed by atoms with Gasteiger partial charge in [-0.15, -0.1) is 11.3 Å². The highest BCUT2D eigenvalue weighted by molar-refractivity contribution is 7.07. The lowest BCUT2D eigenvalue weighted by molar-refractivity contribution is 0.0908. The molecule has 162 valence electrons. The number of rotatable bonds is 10. The molecular formula is C23H32N4O2S. The Bertz CT molecular complexity index is 961. The molecule has 1 unspecified atom stereocenters. The van der Waals surface area contributed by atoms with Crippen LogP contribution in [-0.2, 0) is 6.42 Å². The minimum atomic E-state index is -0.240. The molecule has 0 bridgehead atoms. The lowest BCUT2D eigenvalue weighted by Gasteiger charge is -2.19. The van der Waals surface area contributed by atoms with Crippen molar-refractivity contribution in [3.8, 4) is 0 Å². The summed E-state index contributed by atoms with van der Waals surface area (Å²) >= 11 is 1.59. The van der Waals surface area contributed by atoms with Crippen molar-refractivity contribution in [1.29, 1.82) is 0 Å². The lowest BCUT2D eigenvalue weighted by atomic mass is 10.0. The number of nitrogens with zero attached hydrogens (tertiary/aromatic N) is 3. The Balaban J connectivity index is 1.94. The molecule has 3 aromatic rings. The molecule has 0 aliphatic carbocycles. The predicted octanol–water partition coefficient (Wildman–Crippen LogP) is 4.58. The number of amides is 1. The Labute approximate surface area is 182 Å². The van der Waals surface area contributed by atoms with Gasteiger partial charge < -0.3 is 15.0 Å². The number of aliphatic hydroxyl groups excluding tert-OH is 1. The first-order valence-corrected chi connectivity index (χ1v) is 11.7. The van der Waals surface area contributed by atoms with Crippen LogP contribution < -0.4 is 5.32 Å². The van der Waals surface area contributed by atoms with Crippen molar-refractivity contribution in [1.82, 2.24) is 19.9 Å². The first-order chi connectivity index (χ1) is 14.5. The van der Waals surface area contributed by atoms with Gasteiger partial charge in [-0.3, -0.25) is 4.79 Å². The first-order valence-electron chi connectivity index (χ1n) is 10.8. The highest BCUT2D eigenvalue weighted by Gasteiger charge is 2.20. The Morgan fingerprint density at radius 1 is 1.27 bits per heavy atom. The minimum Gasteiger partial charge on any atom is -0.394 e. The van der Waals surface area contributed by atoms with Crippen molar-refractivity contribution >= 4 is 28.3 Å². The van der Waals surface area contributed by atoms with Crippen molar-refractivity contribution < 1.29 is 9.90 Å². The van der Waals surface area contributed by atoms with Crippen molar-refractivity contribution in [3.63, 3.8) is 0 Å². The van der Waals surface area contributed by atoms with Crippen LogP contribution >= 0.6 is 11.3 Å². The summed E-state index contributed by atoms with van der Waals surface area (Å²) < 4.78 is 2.31. The molecule has 0 saturated heterocycles. The molecule has 2 aromatic heterocycles. The largest absolute Gasteiger partial charge is 0.394 e. The maximum absolute atomic E-state index is 12.8. The number of benzene rings is 1. The molecule has 0 aliphatic heterocycles. The average molecular weight is 429 g/mol. The van der Waals surface area contributed by atoms with Crippen LogP contribution in [0.1, 0.15) is 74.9 Å². The van der Waals surface area contributed by atoms with Gasteiger partial charge in [-0.05, 0) is 43.4 Å². The Morgan fingerprint density at radius 3 is 2.63 bits per heavy atom. The first kappa shape index (κ1) is 22.4. The smallest absolute Gasteiger partial charge is 0.251 e. The van der Waals surface area contributed by atoms with Crippen LogP contribution in [0.2, 0.25) is 0 Å². The molecule has 6 nitrogen and oxygen atoms in total. The van der Waals surface area contributed by atoms with E-state index in [0.29, 0.717) is 23.9 Å². The minimum absolute atomic E-state index is 0.0622. The summed E-state index contributed by atoms with van der Waals surface area (Å²) in [6.45, 7) is 8.48. The van der Waals surface area contributed by atoms with Gasteiger partial charge in [-0.2, -0.15) is 0 Å². The number of aliphatic hydroxyl groups is 1. The third-order valence-corrected chi connectivity index (χ3v) is 6.10. The maximum Gasteiger partial charge on any atom is 0.251 e. The SMILES string of the molecule is CCC(CC)n1c(Cc2cscn2)nc2cc(C(=O)NC(CO)CC(C)C)ccc21. The van der Waals surface area contributed by atoms with Crippen LogP contribution in [0.5, 0.6) is 0 Å². The standard InChI is InChI=1S/C23H32N4O2S/c1-5-19(6-2)27-21-8-7-16(23(29)25-17(12-28)9-15(3)4)10-20(21)26-22(27)11-18-13-30-14-24-18/h7-8,10,13-15,17,19,28H,5-6,9,11-12H2,1-4H3,(H,25,29). The van der Waals surface area contributed by atoms with Crippen LogP contribution in [0.15, 0.2) is 29.1 Å². The molecule has 1 amide bonds. The maximum atomic E-state index is 12.8. The van der Waals surface area contributed by atoms with E-state index in [1.165, 1.54) is 0 Å². The highest BCUT2D eigenvalue weighted by atomic mass is 32.1. The second-order valence-corrected chi connectivity index (χ2v) is 8.93. The quantitative estimate of drug-likeness (QED) is 0.495. The molecule has 1 aromatic carbocycles. The number of carbonyl (C=O) groups is 1. The average Bonchev–Trinajstić information content (AvgIpc) is 3.36. The van der Waals surface area contributed by atoms with Gasteiger partial charge in [0, 0.05) is 23.4 Å². The molecule has 0 aliphatic rings. The summed E-state index contributed by atoms with van der Waals surface area (Å²) in [5, 5.41) is 14.6. The molecule has 3 rings (SSSR count). The summed E-state index contributed by atoms with van der Waals surface area (Å²) in [6, 6.07) is 5.83. The molecule has 7 heteroatoms. The van der Waals surface area contributed by atoms with Gasteiger partial charge in [0.15, 0.2) is 0 Å². The van der Waals surface area contributed by atoms with Crippen molar-refractivity contribution in [2.45, 2.75) is 65.5 Å². The topological polar surface area (TPSA) is 80.0 Å². The number of imidazole rings is 1. The van der Waals surface area contributed by atoms with Crippen LogP contribution in [0.25, 0.3) is 11.0 Å². The van der Waals surface area contributed by atoms with Gasteiger partial charge in [0.1, 0.15) is 5.82 Å². The summed E-state index contributed by atoms with van der Waals surface area (Å²) in [7, 11) is 0. The fraction of sp³-hybridized carbons (Fsp3) is 0.522. The second-order valence-electron chi connectivity index (χ2n) is 8.21. The summed E-state index contributed by atoms with van der Waals surface area (Å²) in [6.07, 6.45) is 3.45. The third-order valence-electron chi connectivity index (χ3n) is 5.47. The number of carbonyl (C=O) groups excluding carboxylic acids is 1. The van der Waals surface area contributed by atoms with Gasteiger partial charge in [0.2, 0.25) is 0 Å². The molecule has 2 heterocycles. The predicted molar refractivity (Wildman–Crippen MR) is 122 cm³/mol. The fourth-order valence-corrected chi connectivity index (χ4v) is 4.54. The van der Waals surface area contributed by atoms with Gasteiger partial charge >= 0.3 is 0 Å². The molecule has 0 spiro atoms. The van der Waals surface area contributed by atoms with E-state index in [9.17, 15) is 9.90 Å². The van der Waals surface area contributed by atoms with Gasteiger partial charge in [-0.1, -0.05) is 27.7 Å². The zero-order valence-corrected chi connectivity index (χ0v) is 19.1. The van der Waals surface area contributed by atoms with Crippen LogP contribution in [0.4, 0.5) is 0 Å². The van der Waals surface area contributed by atoms with E-state index in [-0.39, 0.29) is 18.6 Å². The zero-order chi connectivity index (χ0) is 21.7. The summed E-state index contributed by atoms with van der Waals surface area (Å²) in [5.41, 5.74) is 5.30. The molecule has 2 N–H and O–H groups in total. The molecule has 0 saturated carbocycles. The Morgan fingerprint density at radius 2 is 2.03 bits per heavy atom. The van der Waals surface area contributed by atoms with Gasteiger partial charge in [0.05, 0.1) is 34.9 Å². The number of hydrogen-bond donors (Lipinski definition) is 2. The van der Waals surface area contributed by atoms with E-state index in [0.717, 1.165) is 41.8 Å².